The van der Waals surface area contributed by atoms with E-state index in [1.54, 1.807) is 43.5 Å². The second kappa shape index (κ2) is 6.60. The van der Waals surface area contributed by atoms with Crippen molar-refractivity contribution >= 4 is 17.6 Å². The van der Waals surface area contributed by atoms with Crippen LogP contribution in [0.1, 0.15) is 28.7 Å². The number of ketones is 1. The van der Waals surface area contributed by atoms with E-state index in [-0.39, 0.29) is 18.4 Å². The van der Waals surface area contributed by atoms with E-state index in [9.17, 15) is 9.59 Å². The van der Waals surface area contributed by atoms with E-state index in [1.807, 2.05) is 0 Å². The molecule has 2 aromatic rings. The molecule has 6 heteroatoms. The molecule has 0 atom stereocenters. The number of rotatable bonds is 4. The Morgan fingerprint density at radius 2 is 2.00 bits per heavy atom. The number of amides is 2. The fraction of sp³-hybridized carbons (Fsp3) is 0.200. The number of anilines is 1. The van der Waals surface area contributed by atoms with Gasteiger partial charge < -0.3 is 5.32 Å². The first-order valence-electron chi connectivity index (χ1n) is 6.49. The molecule has 0 radical (unpaired) electrons. The van der Waals surface area contributed by atoms with E-state index in [0.717, 1.165) is 0 Å². The third-order valence-electron chi connectivity index (χ3n) is 2.86. The van der Waals surface area contributed by atoms with Crippen molar-refractivity contribution in [3.8, 4) is 0 Å². The summed E-state index contributed by atoms with van der Waals surface area (Å²) in [4.78, 5) is 31.3. The maximum atomic E-state index is 11.7. The summed E-state index contributed by atoms with van der Waals surface area (Å²) in [5.74, 6) is 0.457. The lowest BCUT2D eigenvalue weighted by molar-refractivity contribution is 0.101. The number of carbonyl (C=O) groups is 2. The maximum absolute atomic E-state index is 11.7. The highest BCUT2D eigenvalue weighted by Gasteiger charge is 2.07. The molecule has 0 bridgehead atoms. The van der Waals surface area contributed by atoms with Gasteiger partial charge in [0.15, 0.2) is 5.78 Å². The molecule has 0 aliphatic carbocycles. The fourth-order valence-electron chi connectivity index (χ4n) is 1.85. The average Bonchev–Trinajstić information content (AvgIpc) is 2.46. The van der Waals surface area contributed by atoms with Crippen LogP contribution < -0.4 is 10.6 Å². The van der Waals surface area contributed by atoms with Gasteiger partial charge in [-0.05, 0) is 38.1 Å². The van der Waals surface area contributed by atoms with Crippen molar-refractivity contribution in [2.24, 2.45) is 0 Å². The number of nitrogens with zero attached hydrogens (tertiary/aromatic N) is 2. The summed E-state index contributed by atoms with van der Waals surface area (Å²) in [5.41, 5.74) is 1.94. The lowest BCUT2D eigenvalue weighted by Gasteiger charge is -2.08. The molecule has 0 spiro atoms. The molecule has 0 saturated carbocycles. The molecular weight excluding hydrogens is 268 g/mol. The Hall–Kier alpha value is -2.76. The van der Waals surface area contributed by atoms with Crippen molar-refractivity contribution in [1.29, 1.82) is 0 Å². The Morgan fingerprint density at radius 1 is 1.19 bits per heavy atom. The zero-order chi connectivity index (χ0) is 15.2. The molecule has 0 unspecified atom stereocenters. The molecule has 2 amide bonds. The maximum Gasteiger partial charge on any atom is 0.320 e. The lowest BCUT2D eigenvalue weighted by atomic mass is 10.1. The molecule has 0 aromatic carbocycles. The van der Waals surface area contributed by atoms with Gasteiger partial charge in [0, 0.05) is 17.5 Å². The molecule has 2 rings (SSSR count). The Labute approximate surface area is 122 Å². The van der Waals surface area contributed by atoms with Crippen LogP contribution in [0.2, 0.25) is 0 Å². The first kappa shape index (κ1) is 14.6. The predicted molar refractivity (Wildman–Crippen MR) is 79.1 cm³/mol. The van der Waals surface area contributed by atoms with Gasteiger partial charge in [-0.3, -0.25) is 15.1 Å². The van der Waals surface area contributed by atoms with E-state index in [2.05, 4.69) is 20.6 Å². The molecule has 108 valence electrons. The molecule has 2 N–H and O–H groups in total. The first-order valence-corrected chi connectivity index (χ1v) is 6.49. The highest BCUT2D eigenvalue weighted by molar-refractivity contribution is 5.95. The normalized spacial score (nSPS) is 10.0. The van der Waals surface area contributed by atoms with Gasteiger partial charge in [0.25, 0.3) is 0 Å². The van der Waals surface area contributed by atoms with E-state index < -0.39 is 0 Å². The summed E-state index contributed by atoms with van der Waals surface area (Å²) >= 11 is 0. The van der Waals surface area contributed by atoms with Crippen molar-refractivity contribution in [2.45, 2.75) is 20.4 Å². The zero-order valence-corrected chi connectivity index (χ0v) is 11.9. The summed E-state index contributed by atoms with van der Waals surface area (Å²) in [6, 6.07) is 8.34. The largest absolute Gasteiger partial charge is 0.332 e. The number of hydrogen-bond donors (Lipinski definition) is 2. The third kappa shape index (κ3) is 4.10. The number of urea groups is 1. The summed E-state index contributed by atoms with van der Waals surface area (Å²) in [7, 11) is 0. The number of aryl methyl sites for hydroxylation is 1. The van der Waals surface area contributed by atoms with Gasteiger partial charge in [-0.15, -0.1) is 0 Å². The molecule has 0 saturated heterocycles. The molecule has 2 aromatic heterocycles. The zero-order valence-electron chi connectivity index (χ0n) is 11.9. The number of Topliss-reactive ketones (excluding diaryl/α,β-unsaturated/α-hetero) is 1. The number of aromatic nitrogens is 2. The fourth-order valence-corrected chi connectivity index (χ4v) is 1.85. The van der Waals surface area contributed by atoms with Crippen LogP contribution in [-0.2, 0) is 6.54 Å². The Bertz CT molecular complexity index is 656. The number of pyridine rings is 2. The minimum Gasteiger partial charge on any atom is -0.332 e. The van der Waals surface area contributed by atoms with Crippen LogP contribution in [0.25, 0.3) is 0 Å². The summed E-state index contributed by atoms with van der Waals surface area (Å²) in [6.07, 6.45) is 1.60. The van der Waals surface area contributed by atoms with E-state index in [4.69, 9.17) is 0 Å². The monoisotopic (exact) mass is 284 g/mol. The van der Waals surface area contributed by atoms with E-state index in [1.165, 1.54) is 6.92 Å². The number of nitrogens with one attached hydrogen (secondary N) is 2. The minimum atomic E-state index is -0.358. The number of hydrogen-bond acceptors (Lipinski definition) is 4. The van der Waals surface area contributed by atoms with Gasteiger partial charge in [0.2, 0.25) is 0 Å². The van der Waals surface area contributed by atoms with Crippen molar-refractivity contribution in [3.63, 3.8) is 0 Å². The Kier molecular flexibility index (Phi) is 4.61. The van der Waals surface area contributed by atoms with Gasteiger partial charge in [0.05, 0.1) is 12.2 Å². The molecule has 0 aliphatic rings. The van der Waals surface area contributed by atoms with Crippen LogP contribution in [0.15, 0.2) is 36.5 Å². The summed E-state index contributed by atoms with van der Waals surface area (Å²) in [5, 5.41) is 5.30. The van der Waals surface area contributed by atoms with E-state index in [0.29, 0.717) is 22.8 Å². The Balaban J connectivity index is 1.92. The summed E-state index contributed by atoms with van der Waals surface area (Å²) < 4.78 is 0. The molecule has 2 heterocycles. The van der Waals surface area contributed by atoms with Crippen molar-refractivity contribution in [3.05, 3.63) is 53.5 Å². The third-order valence-corrected chi connectivity index (χ3v) is 2.86. The van der Waals surface area contributed by atoms with Crippen LogP contribution in [0, 0.1) is 6.92 Å². The smallest absolute Gasteiger partial charge is 0.320 e. The molecular formula is C15H16N4O2. The van der Waals surface area contributed by atoms with Gasteiger partial charge >= 0.3 is 6.03 Å². The molecule has 21 heavy (non-hydrogen) atoms. The molecule has 0 fully saturated rings. The van der Waals surface area contributed by atoms with Gasteiger partial charge in [-0.2, -0.15) is 0 Å². The Morgan fingerprint density at radius 3 is 2.62 bits per heavy atom. The molecule has 0 aliphatic heterocycles. The van der Waals surface area contributed by atoms with Crippen LogP contribution in [0.5, 0.6) is 0 Å². The SMILES string of the molecule is CC(=O)c1ccc(CNC(=O)Nc2ccccn2)nc1C. The van der Waals surface area contributed by atoms with Crippen molar-refractivity contribution < 1.29 is 9.59 Å². The van der Waals surface area contributed by atoms with Crippen LogP contribution >= 0.6 is 0 Å². The van der Waals surface area contributed by atoms with E-state index >= 15 is 0 Å². The highest BCUT2D eigenvalue weighted by atomic mass is 16.2. The quantitative estimate of drug-likeness (QED) is 0.844. The second-order valence-corrected chi connectivity index (χ2v) is 4.51. The van der Waals surface area contributed by atoms with Crippen LogP contribution in [-0.4, -0.2) is 21.8 Å². The summed E-state index contributed by atoms with van der Waals surface area (Å²) in [6.45, 7) is 3.55. The first-order chi connectivity index (χ1) is 10.1. The topological polar surface area (TPSA) is 84.0 Å². The molecule has 6 nitrogen and oxygen atoms in total. The second-order valence-electron chi connectivity index (χ2n) is 4.51. The van der Waals surface area contributed by atoms with Crippen molar-refractivity contribution in [2.75, 3.05) is 5.32 Å². The predicted octanol–water partition coefficient (Wildman–Crippen LogP) is 2.31. The number of carbonyl (C=O) groups excluding carboxylic acids is 2. The highest BCUT2D eigenvalue weighted by Crippen LogP contribution is 2.07. The lowest BCUT2D eigenvalue weighted by Crippen LogP contribution is -2.29. The van der Waals surface area contributed by atoms with Gasteiger partial charge in [-0.1, -0.05) is 6.07 Å². The van der Waals surface area contributed by atoms with Crippen LogP contribution in [0.4, 0.5) is 10.6 Å². The van der Waals surface area contributed by atoms with Crippen LogP contribution in [0.3, 0.4) is 0 Å². The van der Waals surface area contributed by atoms with Gasteiger partial charge in [0.1, 0.15) is 5.82 Å². The van der Waals surface area contributed by atoms with Crippen molar-refractivity contribution in [1.82, 2.24) is 15.3 Å². The van der Waals surface area contributed by atoms with Gasteiger partial charge in [-0.25, -0.2) is 9.78 Å². The minimum absolute atomic E-state index is 0.0209. The average molecular weight is 284 g/mol. The standard InChI is InChI=1S/C15H16N4O2/c1-10-13(11(2)20)7-6-12(18-10)9-17-15(21)19-14-5-3-4-8-16-14/h3-8H,9H2,1-2H3,(H2,16,17,19,21).